The van der Waals surface area contributed by atoms with Gasteiger partial charge in [0.05, 0.1) is 0 Å². The molecule has 6 nitrogen and oxygen atoms in total. The first-order valence-corrected chi connectivity index (χ1v) is 6.62. The number of carbonyl (C=O) groups is 2. The Kier molecular flexibility index (Phi) is 3.51. The van der Waals surface area contributed by atoms with Crippen LogP contribution in [0.5, 0.6) is 0 Å². The normalized spacial score (nSPS) is 19.0. The molecule has 0 aliphatic carbocycles. The van der Waals surface area contributed by atoms with Gasteiger partial charge in [-0.05, 0) is 12.8 Å². The van der Waals surface area contributed by atoms with Crippen molar-refractivity contribution in [3.8, 4) is 0 Å². The van der Waals surface area contributed by atoms with Gasteiger partial charge in [0.15, 0.2) is 5.13 Å². The molecule has 0 spiro atoms. The van der Waals surface area contributed by atoms with E-state index < -0.39 is 0 Å². The topological polar surface area (TPSA) is 79.5 Å². The van der Waals surface area contributed by atoms with Crippen molar-refractivity contribution in [1.29, 1.82) is 0 Å². The van der Waals surface area contributed by atoms with Gasteiger partial charge in [-0.1, -0.05) is 0 Å². The van der Waals surface area contributed by atoms with Crippen molar-refractivity contribution in [3.63, 3.8) is 0 Å². The number of nitrogens with two attached hydrogens (primary N) is 1. The Labute approximate surface area is 109 Å². The van der Waals surface area contributed by atoms with E-state index in [2.05, 4.69) is 4.98 Å². The number of thiazole rings is 1. The highest BCUT2D eigenvalue weighted by Gasteiger charge is 2.35. The second kappa shape index (κ2) is 4.93. The Bertz CT molecular complexity index is 471. The summed E-state index contributed by atoms with van der Waals surface area (Å²) in [6.45, 7) is 0.598. The molecule has 1 aliphatic rings. The van der Waals surface area contributed by atoms with Crippen LogP contribution >= 0.6 is 11.3 Å². The molecule has 2 rings (SSSR count). The maximum Gasteiger partial charge on any atom is 0.274 e. The standard InChI is InChI=1S/C11H16N4O2S/c1-14(2)10(17)8-4-3-5-15(8)9(16)7-6-18-11(12)13-7/h6,8H,3-5H2,1-2H3,(H2,12,13). The monoisotopic (exact) mass is 268 g/mol. The van der Waals surface area contributed by atoms with Gasteiger partial charge in [-0.15, -0.1) is 11.3 Å². The first-order valence-electron chi connectivity index (χ1n) is 5.74. The second-order valence-corrected chi connectivity index (χ2v) is 5.35. The average Bonchev–Trinajstić information content (AvgIpc) is 2.95. The Balaban J connectivity index is 2.17. The summed E-state index contributed by atoms with van der Waals surface area (Å²) in [4.78, 5) is 31.3. The molecule has 0 saturated carbocycles. The minimum atomic E-state index is -0.365. The smallest absolute Gasteiger partial charge is 0.274 e. The summed E-state index contributed by atoms with van der Waals surface area (Å²) in [6, 6.07) is -0.365. The van der Waals surface area contributed by atoms with Gasteiger partial charge in [0.25, 0.3) is 5.91 Å². The third-order valence-electron chi connectivity index (χ3n) is 2.98. The summed E-state index contributed by atoms with van der Waals surface area (Å²) >= 11 is 1.23. The minimum Gasteiger partial charge on any atom is -0.375 e. The summed E-state index contributed by atoms with van der Waals surface area (Å²) in [5.74, 6) is -0.246. The largest absolute Gasteiger partial charge is 0.375 e. The molecule has 7 heteroatoms. The van der Waals surface area contributed by atoms with E-state index >= 15 is 0 Å². The number of nitrogen functional groups attached to an aromatic ring is 1. The third-order valence-corrected chi connectivity index (χ3v) is 3.65. The van der Waals surface area contributed by atoms with Crippen molar-refractivity contribution in [1.82, 2.24) is 14.8 Å². The van der Waals surface area contributed by atoms with Crippen LogP contribution in [0.15, 0.2) is 5.38 Å². The van der Waals surface area contributed by atoms with Crippen LogP contribution in [0.4, 0.5) is 5.13 Å². The number of anilines is 1. The highest BCUT2D eigenvalue weighted by molar-refractivity contribution is 7.13. The molecule has 1 aromatic heterocycles. The van der Waals surface area contributed by atoms with Gasteiger partial charge in [-0.2, -0.15) is 0 Å². The molecule has 2 amide bonds. The average molecular weight is 268 g/mol. The molecule has 1 aliphatic heterocycles. The van der Waals surface area contributed by atoms with Gasteiger partial charge >= 0.3 is 0 Å². The molecule has 2 N–H and O–H groups in total. The van der Waals surface area contributed by atoms with Crippen molar-refractivity contribution >= 4 is 28.3 Å². The number of hydrogen-bond acceptors (Lipinski definition) is 5. The lowest BCUT2D eigenvalue weighted by molar-refractivity contribution is -0.132. The molecule has 1 aromatic rings. The van der Waals surface area contributed by atoms with Gasteiger partial charge in [0.2, 0.25) is 5.91 Å². The lowest BCUT2D eigenvalue weighted by Gasteiger charge is -2.25. The number of carbonyl (C=O) groups excluding carboxylic acids is 2. The predicted octanol–water partition coefficient (Wildman–Crippen LogP) is 0.418. The summed E-state index contributed by atoms with van der Waals surface area (Å²) < 4.78 is 0. The molecule has 1 unspecified atom stereocenters. The lowest BCUT2D eigenvalue weighted by atomic mass is 10.2. The van der Waals surface area contributed by atoms with Crippen LogP contribution in [-0.2, 0) is 4.79 Å². The first-order chi connectivity index (χ1) is 8.50. The fourth-order valence-electron chi connectivity index (χ4n) is 2.10. The molecule has 1 fully saturated rings. The second-order valence-electron chi connectivity index (χ2n) is 4.46. The van der Waals surface area contributed by atoms with E-state index in [9.17, 15) is 9.59 Å². The summed E-state index contributed by atoms with van der Waals surface area (Å²) in [7, 11) is 3.40. The molecular weight excluding hydrogens is 252 g/mol. The number of nitrogens with zero attached hydrogens (tertiary/aromatic N) is 3. The van der Waals surface area contributed by atoms with Gasteiger partial charge in [-0.3, -0.25) is 9.59 Å². The summed E-state index contributed by atoms with van der Waals surface area (Å²) in [5.41, 5.74) is 5.85. The molecule has 1 saturated heterocycles. The number of hydrogen-bond donors (Lipinski definition) is 1. The Morgan fingerprint density at radius 2 is 2.28 bits per heavy atom. The summed E-state index contributed by atoms with van der Waals surface area (Å²) in [5, 5.41) is 2.00. The van der Waals surface area contributed by atoms with Crippen LogP contribution in [0.25, 0.3) is 0 Å². The molecule has 1 atom stereocenters. The zero-order valence-electron chi connectivity index (χ0n) is 10.4. The molecule has 0 bridgehead atoms. The molecule has 18 heavy (non-hydrogen) atoms. The lowest BCUT2D eigenvalue weighted by Crippen LogP contribution is -2.45. The number of likely N-dealkylation sites (N-methyl/N-ethyl adjacent to an activating group) is 1. The first kappa shape index (κ1) is 12.8. The van der Waals surface area contributed by atoms with E-state index in [4.69, 9.17) is 5.73 Å². The quantitative estimate of drug-likeness (QED) is 0.843. The highest BCUT2D eigenvalue weighted by Crippen LogP contribution is 2.22. The maximum atomic E-state index is 12.2. The van der Waals surface area contributed by atoms with Gasteiger partial charge in [0, 0.05) is 26.0 Å². The van der Waals surface area contributed by atoms with Gasteiger partial charge in [-0.25, -0.2) is 4.98 Å². The van der Waals surface area contributed by atoms with E-state index in [1.54, 1.807) is 24.4 Å². The van der Waals surface area contributed by atoms with Crippen molar-refractivity contribution in [2.45, 2.75) is 18.9 Å². The van der Waals surface area contributed by atoms with Crippen LogP contribution in [0.2, 0.25) is 0 Å². The van der Waals surface area contributed by atoms with Crippen LogP contribution in [0.1, 0.15) is 23.3 Å². The van der Waals surface area contributed by atoms with E-state index in [0.29, 0.717) is 23.8 Å². The highest BCUT2D eigenvalue weighted by atomic mass is 32.1. The van der Waals surface area contributed by atoms with Crippen LogP contribution < -0.4 is 5.73 Å². The molecular formula is C11H16N4O2S. The van der Waals surface area contributed by atoms with Crippen molar-refractivity contribution in [2.75, 3.05) is 26.4 Å². The molecule has 0 radical (unpaired) electrons. The number of amides is 2. The number of aromatic nitrogens is 1. The Morgan fingerprint density at radius 1 is 1.56 bits per heavy atom. The van der Waals surface area contributed by atoms with Gasteiger partial charge < -0.3 is 15.5 Å². The van der Waals surface area contributed by atoms with Crippen molar-refractivity contribution in [3.05, 3.63) is 11.1 Å². The third kappa shape index (κ3) is 2.31. The maximum absolute atomic E-state index is 12.2. The predicted molar refractivity (Wildman–Crippen MR) is 69.3 cm³/mol. The van der Waals surface area contributed by atoms with Crippen LogP contribution in [0.3, 0.4) is 0 Å². The molecule has 0 aromatic carbocycles. The minimum absolute atomic E-state index is 0.0379. The van der Waals surface area contributed by atoms with Crippen LogP contribution in [0, 0.1) is 0 Å². The van der Waals surface area contributed by atoms with E-state index in [0.717, 1.165) is 6.42 Å². The fourth-order valence-corrected chi connectivity index (χ4v) is 2.63. The van der Waals surface area contributed by atoms with Crippen molar-refractivity contribution < 1.29 is 9.59 Å². The molecule has 2 heterocycles. The number of rotatable bonds is 2. The summed E-state index contributed by atoms with van der Waals surface area (Å²) in [6.07, 6.45) is 1.55. The fraction of sp³-hybridized carbons (Fsp3) is 0.545. The van der Waals surface area contributed by atoms with Crippen LogP contribution in [-0.4, -0.2) is 53.3 Å². The van der Waals surface area contributed by atoms with E-state index in [-0.39, 0.29) is 17.9 Å². The van der Waals surface area contributed by atoms with Crippen molar-refractivity contribution in [2.24, 2.45) is 0 Å². The SMILES string of the molecule is CN(C)C(=O)C1CCCN1C(=O)c1csc(N)n1. The zero-order valence-corrected chi connectivity index (χ0v) is 11.2. The van der Waals surface area contributed by atoms with E-state index in [1.807, 2.05) is 0 Å². The zero-order chi connectivity index (χ0) is 13.3. The van der Waals surface area contributed by atoms with E-state index in [1.165, 1.54) is 16.2 Å². The Hall–Kier alpha value is -1.63. The van der Waals surface area contributed by atoms with Gasteiger partial charge in [0.1, 0.15) is 11.7 Å². The Morgan fingerprint density at radius 3 is 2.83 bits per heavy atom. The molecule has 98 valence electrons. The number of likely N-dealkylation sites (tertiary alicyclic amines) is 1.